The Kier molecular flexibility index (Phi) is 6.24. The normalized spacial score (nSPS) is 10.9. The maximum Gasteiger partial charge on any atom is -0.0279 e. The highest BCUT2D eigenvalue weighted by Gasteiger charge is 2.01. The van der Waals surface area contributed by atoms with Crippen LogP contribution in [0, 0.1) is 13.8 Å². The van der Waals surface area contributed by atoms with Crippen LogP contribution in [0.2, 0.25) is 0 Å². The van der Waals surface area contributed by atoms with Crippen LogP contribution < -0.4 is 0 Å². The first kappa shape index (κ1) is 16.8. The van der Waals surface area contributed by atoms with E-state index in [1.165, 1.54) is 59.1 Å². The lowest BCUT2D eigenvalue weighted by atomic mass is 9.97. The number of hydrogen-bond acceptors (Lipinski definition) is 0. The number of benzene rings is 2. The van der Waals surface area contributed by atoms with Crippen molar-refractivity contribution in [2.45, 2.75) is 66.2 Å². The molecule has 0 heteroatoms. The summed E-state index contributed by atoms with van der Waals surface area (Å²) in [6.45, 7) is 8.92. The molecule has 0 bridgehead atoms. The van der Waals surface area contributed by atoms with Gasteiger partial charge in [0.15, 0.2) is 0 Å². The zero-order valence-electron chi connectivity index (χ0n) is 14.7. The molecule has 2 aromatic carbocycles. The number of aryl methyl sites for hydroxylation is 6. The molecule has 0 aromatic heterocycles. The van der Waals surface area contributed by atoms with Gasteiger partial charge in [0.1, 0.15) is 0 Å². The van der Waals surface area contributed by atoms with Crippen LogP contribution in [0.4, 0.5) is 0 Å². The predicted molar refractivity (Wildman–Crippen MR) is 97.8 cm³/mol. The van der Waals surface area contributed by atoms with Crippen LogP contribution in [0.5, 0.6) is 0 Å². The van der Waals surface area contributed by atoms with Crippen molar-refractivity contribution in [2.24, 2.45) is 0 Å². The fraction of sp³-hybridized carbons (Fsp3) is 0.455. The third-order valence-corrected chi connectivity index (χ3v) is 4.77. The molecule has 0 atom stereocenters. The van der Waals surface area contributed by atoms with Gasteiger partial charge in [0.2, 0.25) is 0 Å². The van der Waals surface area contributed by atoms with E-state index >= 15 is 0 Å². The molecule has 2 aromatic rings. The van der Waals surface area contributed by atoms with Crippen molar-refractivity contribution in [1.82, 2.24) is 0 Å². The van der Waals surface area contributed by atoms with E-state index in [2.05, 4.69) is 64.1 Å². The van der Waals surface area contributed by atoms with Crippen molar-refractivity contribution in [2.75, 3.05) is 0 Å². The first-order chi connectivity index (χ1) is 10.6. The van der Waals surface area contributed by atoms with E-state index < -0.39 is 0 Å². The molecule has 0 saturated heterocycles. The molecule has 0 fully saturated rings. The summed E-state index contributed by atoms with van der Waals surface area (Å²) in [6, 6.07) is 14.0. The van der Waals surface area contributed by atoms with E-state index in [-0.39, 0.29) is 0 Å². The van der Waals surface area contributed by atoms with Gasteiger partial charge in [-0.05, 0) is 85.8 Å². The highest BCUT2D eigenvalue weighted by molar-refractivity contribution is 5.32. The molecule has 0 nitrogen and oxygen atoms in total. The number of unbranched alkanes of at least 4 members (excludes halogenated alkanes) is 1. The molecule has 22 heavy (non-hydrogen) atoms. The van der Waals surface area contributed by atoms with Gasteiger partial charge in [-0.2, -0.15) is 0 Å². The molecule has 0 aliphatic rings. The lowest BCUT2D eigenvalue weighted by Gasteiger charge is -2.09. The standard InChI is InChI=1S/C22H30/c1-5-21-15-19(13-11-17(21)3)9-7-8-10-20-14-12-18(4)22(6-2)16-20/h11-16H,5-10H2,1-4H3. The van der Waals surface area contributed by atoms with E-state index in [0.717, 1.165) is 12.8 Å². The smallest absolute Gasteiger partial charge is 0.0279 e. The average molecular weight is 294 g/mol. The Morgan fingerprint density at radius 3 is 1.41 bits per heavy atom. The lowest BCUT2D eigenvalue weighted by molar-refractivity contribution is 0.732. The molecule has 0 heterocycles. The first-order valence-electron chi connectivity index (χ1n) is 8.80. The van der Waals surface area contributed by atoms with Crippen molar-refractivity contribution in [3.05, 3.63) is 69.8 Å². The van der Waals surface area contributed by atoms with Gasteiger partial charge in [-0.1, -0.05) is 50.2 Å². The molecule has 0 radical (unpaired) electrons. The molecule has 0 unspecified atom stereocenters. The van der Waals surface area contributed by atoms with Gasteiger partial charge >= 0.3 is 0 Å². The lowest BCUT2D eigenvalue weighted by Crippen LogP contribution is -1.94. The second-order valence-corrected chi connectivity index (χ2v) is 6.44. The Morgan fingerprint density at radius 1 is 0.636 bits per heavy atom. The van der Waals surface area contributed by atoms with Crippen LogP contribution in [0.15, 0.2) is 36.4 Å². The maximum absolute atomic E-state index is 2.40. The highest BCUT2D eigenvalue weighted by atomic mass is 14.1. The Morgan fingerprint density at radius 2 is 1.05 bits per heavy atom. The third-order valence-electron chi connectivity index (χ3n) is 4.77. The van der Waals surface area contributed by atoms with Crippen LogP contribution >= 0.6 is 0 Å². The summed E-state index contributed by atoms with van der Waals surface area (Å²) in [5.74, 6) is 0. The largest absolute Gasteiger partial charge is 0.0613 e. The fourth-order valence-electron chi connectivity index (χ4n) is 3.18. The Hall–Kier alpha value is -1.56. The molecule has 0 spiro atoms. The summed E-state index contributed by atoms with van der Waals surface area (Å²) in [6.07, 6.45) is 7.26. The minimum absolute atomic E-state index is 1.14. The molecule has 0 aliphatic heterocycles. The van der Waals surface area contributed by atoms with Gasteiger partial charge in [0.25, 0.3) is 0 Å². The Bertz CT molecular complexity index is 552. The van der Waals surface area contributed by atoms with Gasteiger partial charge in [-0.3, -0.25) is 0 Å². The second-order valence-electron chi connectivity index (χ2n) is 6.44. The van der Waals surface area contributed by atoms with Crippen LogP contribution in [0.3, 0.4) is 0 Å². The van der Waals surface area contributed by atoms with Gasteiger partial charge < -0.3 is 0 Å². The molecule has 0 saturated carbocycles. The van der Waals surface area contributed by atoms with Crippen molar-refractivity contribution in [1.29, 1.82) is 0 Å². The Labute approximate surface area is 136 Å². The third kappa shape index (κ3) is 4.47. The topological polar surface area (TPSA) is 0 Å². The van der Waals surface area contributed by atoms with Gasteiger partial charge in [-0.25, -0.2) is 0 Å². The molecular formula is C22H30. The summed E-state index contributed by atoms with van der Waals surface area (Å²) in [7, 11) is 0. The second kappa shape index (κ2) is 8.17. The minimum Gasteiger partial charge on any atom is -0.0613 e. The summed E-state index contributed by atoms with van der Waals surface area (Å²) in [5, 5.41) is 0. The van der Waals surface area contributed by atoms with Gasteiger partial charge in [0.05, 0.1) is 0 Å². The van der Waals surface area contributed by atoms with E-state index in [0.29, 0.717) is 0 Å². The van der Waals surface area contributed by atoms with Crippen LogP contribution in [0.1, 0.15) is 60.1 Å². The predicted octanol–water partition coefficient (Wildman–Crippen LogP) is 5.99. The fourth-order valence-corrected chi connectivity index (χ4v) is 3.18. The SMILES string of the molecule is CCc1cc(CCCCc2ccc(C)c(CC)c2)ccc1C. The monoisotopic (exact) mass is 294 g/mol. The molecular weight excluding hydrogens is 264 g/mol. The van der Waals surface area contributed by atoms with Gasteiger partial charge in [0, 0.05) is 0 Å². The Balaban J connectivity index is 1.84. The minimum atomic E-state index is 1.14. The van der Waals surface area contributed by atoms with E-state index in [4.69, 9.17) is 0 Å². The van der Waals surface area contributed by atoms with Crippen molar-refractivity contribution in [3.63, 3.8) is 0 Å². The summed E-state index contributed by atoms with van der Waals surface area (Å²) in [5.41, 5.74) is 8.87. The molecule has 118 valence electrons. The summed E-state index contributed by atoms with van der Waals surface area (Å²) >= 11 is 0. The maximum atomic E-state index is 2.40. The van der Waals surface area contributed by atoms with Crippen LogP contribution in [-0.4, -0.2) is 0 Å². The van der Waals surface area contributed by atoms with Crippen LogP contribution in [0.25, 0.3) is 0 Å². The molecule has 0 amide bonds. The molecule has 0 aliphatic carbocycles. The molecule has 2 rings (SSSR count). The quantitative estimate of drug-likeness (QED) is 0.550. The number of rotatable bonds is 7. The summed E-state index contributed by atoms with van der Waals surface area (Å²) in [4.78, 5) is 0. The van der Waals surface area contributed by atoms with Crippen LogP contribution in [-0.2, 0) is 25.7 Å². The number of hydrogen-bond donors (Lipinski definition) is 0. The highest BCUT2D eigenvalue weighted by Crippen LogP contribution is 2.16. The molecule has 0 N–H and O–H groups in total. The zero-order valence-corrected chi connectivity index (χ0v) is 14.7. The van der Waals surface area contributed by atoms with Crippen molar-refractivity contribution >= 4 is 0 Å². The average Bonchev–Trinajstić information content (AvgIpc) is 2.54. The van der Waals surface area contributed by atoms with E-state index in [1.807, 2.05) is 0 Å². The first-order valence-corrected chi connectivity index (χ1v) is 8.80. The van der Waals surface area contributed by atoms with E-state index in [1.54, 1.807) is 0 Å². The van der Waals surface area contributed by atoms with Crippen molar-refractivity contribution < 1.29 is 0 Å². The van der Waals surface area contributed by atoms with Crippen molar-refractivity contribution in [3.8, 4) is 0 Å². The zero-order chi connectivity index (χ0) is 15.9. The van der Waals surface area contributed by atoms with Gasteiger partial charge in [-0.15, -0.1) is 0 Å². The van der Waals surface area contributed by atoms with E-state index in [9.17, 15) is 0 Å². The summed E-state index contributed by atoms with van der Waals surface area (Å²) < 4.78 is 0.